The molecule has 0 spiro atoms. The van der Waals surface area contributed by atoms with Crippen LogP contribution < -0.4 is 10.1 Å². The molecule has 8 nitrogen and oxygen atoms in total. The van der Waals surface area contributed by atoms with Crippen molar-refractivity contribution in [3.63, 3.8) is 0 Å². The molecule has 1 fully saturated rings. The predicted molar refractivity (Wildman–Crippen MR) is 101 cm³/mol. The van der Waals surface area contributed by atoms with Gasteiger partial charge in [0, 0.05) is 29.6 Å². The number of carbonyl (C=O) groups is 1. The molecule has 0 radical (unpaired) electrons. The quantitative estimate of drug-likeness (QED) is 0.702. The van der Waals surface area contributed by atoms with Gasteiger partial charge in [-0.2, -0.15) is 0 Å². The van der Waals surface area contributed by atoms with Crippen LogP contribution in [0.2, 0.25) is 0 Å². The monoisotopic (exact) mass is 379 g/mol. The molecule has 144 valence electrons. The summed E-state index contributed by atoms with van der Waals surface area (Å²) in [4.78, 5) is 16.4. The fourth-order valence-corrected chi connectivity index (χ4v) is 2.87. The summed E-state index contributed by atoms with van der Waals surface area (Å²) in [5, 5.41) is 15.0. The van der Waals surface area contributed by atoms with Gasteiger partial charge in [-0.1, -0.05) is 5.16 Å². The second-order valence-electron chi connectivity index (χ2n) is 6.90. The fraction of sp³-hybridized carbons (Fsp3) is 0.350. The maximum Gasteiger partial charge on any atom is 0.272 e. The number of ether oxygens (including phenoxy) is 1. The van der Waals surface area contributed by atoms with Crippen LogP contribution in [0.15, 0.2) is 35.0 Å². The van der Waals surface area contributed by atoms with Gasteiger partial charge in [0.05, 0.1) is 5.56 Å². The summed E-state index contributed by atoms with van der Waals surface area (Å²) in [6.07, 6.45) is 4.96. The first-order valence-corrected chi connectivity index (χ1v) is 9.26. The lowest BCUT2D eigenvalue weighted by molar-refractivity contribution is 0.0910. The largest absolute Gasteiger partial charge is 0.472 e. The lowest BCUT2D eigenvalue weighted by Crippen LogP contribution is -2.39. The van der Waals surface area contributed by atoms with Gasteiger partial charge in [-0.05, 0) is 51.3 Å². The van der Waals surface area contributed by atoms with E-state index in [-0.39, 0.29) is 24.2 Å². The molecule has 1 aliphatic carbocycles. The number of rotatable bonds is 6. The summed E-state index contributed by atoms with van der Waals surface area (Å²) in [7, 11) is 0. The van der Waals surface area contributed by atoms with Gasteiger partial charge in [-0.15, -0.1) is 10.2 Å². The molecule has 3 heterocycles. The molecule has 1 N–H and O–H groups in total. The van der Waals surface area contributed by atoms with Crippen molar-refractivity contribution in [1.82, 2.24) is 25.7 Å². The van der Waals surface area contributed by atoms with Crippen molar-refractivity contribution in [3.05, 3.63) is 53.2 Å². The second-order valence-corrected chi connectivity index (χ2v) is 6.90. The highest BCUT2D eigenvalue weighted by Gasteiger charge is 2.21. The molecule has 0 bridgehead atoms. The Morgan fingerprint density at radius 2 is 2.07 bits per heavy atom. The Morgan fingerprint density at radius 1 is 1.21 bits per heavy atom. The van der Waals surface area contributed by atoms with Crippen molar-refractivity contribution in [2.45, 2.75) is 45.8 Å². The molecular weight excluding hydrogens is 358 g/mol. The SMILES string of the molecule is Cc1ccc(-c2noc(C)c2COc2ccc(C(=O)NC3CCC3)nn2)cn1. The van der Waals surface area contributed by atoms with Gasteiger partial charge < -0.3 is 14.6 Å². The molecule has 3 aromatic heterocycles. The Hall–Kier alpha value is -3.29. The van der Waals surface area contributed by atoms with Crippen LogP contribution >= 0.6 is 0 Å². The summed E-state index contributed by atoms with van der Waals surface area (Å²) in [5.41, 5.74) is 3.58. The highest BCUT2D eigenvalue weighted by atomic mass is 16.5. The van der Waals surface area contributed by atoms with Crippen LogP contribution in [-0.2, 0) is 6.61 Å². The number of aromatic nitrogens is 4. The van der Waals surface area contributed by atoms with Gasteiger partial charge in [-0.3, -0.25) is 9.78 Å². The Kier molecular flexibility index (Phi) is 5.01. The Morgan fingerprint density at radius 3 is 2.71 bits per heavy atom. The van der Waals surface area contributed by atoms with Gasteiger partial charge >= 0.3 is 0 Å². The van der Waals surface area contributed by atoms with E-state index >= 15 is 0 Å². The van der Waals surface area contributed by atoms with Crippen molar-refractivity contribution >= 4 is 5.91 Å². The van der Waals surface area contributed by atoms with E-state index in [9.17, 15) is 4.79 Å². The molecule has 1 amide bonds. The third-order valence-electron chi connectivity index (χ3n) is 4.85. The van der Waals surface area contributed by atoms with Gasteiger partial charge in [-0.25, -0.2) is 0 Å². The van der Waals surface area contributed by atoms with Gasteiger partial charge in [0.15, 0.2) is 5.69 Å². The number of carbonyl (C=O) groups excluding carboxylic acids is 1. The maximum absolute atomic E-state index is 12.1. The molecule has 0 aliphatic heterocycles. The molecular formula is C20H21N5O3. The fourth-order valence-electron chi connectivity index (χ4n) is 2.87. The number of nitrogens with zero attached hydrogens (tertiary/aromatic N) is 4. The third-order valence-corrected chi connectivity index (χ3v) is 4.85. The highest BCUT2D eigenvalue weighted by Crippen LogP contribution is 2.26. The molecule has 1 aliphatic rings. The Balaban J connectivity index is 1.42. The van der Waals surface area contributed by atoms with Crippen LogP contribution in [0.25, 0.3) is 11.3 Å². The van der Waals surface area contributed by atoms with Crippen molar-refractivity contribution < 1.29 is 14.1 Å². The van der Waals surface area contributed by atoms with E-state index in [0.717, 1.165) is 36.1 Å². The third kappa shape index (κ3) is 3.85. The number of amides is 1. The number of hydrogen-bond donors (Lipinski definition) is 1. The molecule has 3 aromatic rings. The normalized spacial score (nSPS) is 13.8. The first kappa shape index (κ1) is 18.1. The van der Waals surface area contributed by atoms with E-state index in [1.54, 1.807) is 18.3 Å². The summed E-state index contributed by atoms with van der Waals surface area (Å²) in [6, 6.07) is 7.37. The van der Waals surface area contributed by atoms with E-state index in [1.807, 2.05) is 26.0 Å². The first-order valence-electron chi connectivity index (χ1n) is 9.26. The average molecular weight is 379 g/mol. The minimum Gasteiger partial charge on any atom is -0.472 e. The zero-order valence-corrected chi connectivity index (χ0v) is 15.8. The zero-order chi connectivity index (χ0) is 19.5. The lowest BCUT2D eigenvalue weighted by atomic mass is 9.93. The summed E-state index contributed by atoms with van der Waals surface area (Å²) in [5.74, 6) is 0.793. The van der Waals surface area contributed by atoms with E-state index in [1.165, 1.54) is 0 Å². The van der Waals surface area contributed by atoms with Gasteiger partial charge in [0.25, 0.3) is 5.91 Å². The smallest absolute Gasteiger partial charge is 0.272 e. The topological polar surface area (TPSA) is 103 Å². The van der Waals surface area contributed by atoms with Crippen LogP contribution in [-0.4, -0.2) is 32.3 Å². The Bertz CT molecular complexity index is 963. The maximum atomic E-state index is 12.1. The van der Waals surface area contributed by atoms with E-state index < -0.39 is 0 Å². The second kappa shape index (κ2) is 7.75. The molecule has 28 heavy (non-hydrogen) atoms. The number of nitrogens with one attached hydrogen (secondary N) is 1. The number of pyridine rings is 1. The standard InChI is InChI=1S/C20H21N5O3/c1-12-6-7-14(10-21-12)19-16(13(2)28-25-19)11-27-18-9-8-17(23-24-18)20(26)22-15-4-3-5-15/h6-10,15H,3-5,11H2,1-2H3,(H,22,26). The average Bonchev–Trinajstić information content (AvgIpc) is 3.04. The van der Waals surface area contributed by atoms with Crippen molar-refractivity contribution in [2.75, 3.05) is 0 Å². The summed E-state index contributed by atoms with van der Waals surface area (Å²) >= 11 is 0. The Labute approximate surface area is 162 Å². The molecule has 0 atom stereocenters. The first-order chi connectivity index (χ1) is 13.6. The predicted octanol–water partition coefficient (Wildman–Crippen LogP) is 3.00. The molecule has 4 rings (SSSR count). The molecule has 0 unspecified atom stereocenters. The summed E-state index contributed by atoms with van der Waals surface area (Å²) in [6.45, 7) is 3.98. The highest BCUT2D eigenvalue weighted by molar-refractivity contribution is 5.92. The number of hydrogen-bond acceptors (Lipinski definition) is 7. The molecule has 0 saturated heterocycles. The number of aryl methyl sites for hydroxylation is 2. The molecule has 0 aromatic carbocycles. The van der Waals surface area contributed by atoms with Crippen LogP contribution in [0.1, 0.15) is 46.8 Å². The van der Waals surface area contributed by atoms with Crippen molar-refractivity contribution in [1.29, 1.82) is 0 Å². The van der Waals surface area contributed by atoms with E-state index in [4.69, 9.17) is 9.26 Å². The van der Waals surface area contributed by atoms with Crippen molar-refractivity contribution in [3.8, 4) is 17.1 Å². The lowest BCUT2D eigenvalue weighted by Gasteiger charge is -2.25. The van der Waals surface area contributed by atoms with Crippen LogP contribution in [0.5, 0.6) is 5.88 Å². The van der Waals surface area contributed by atoms with Crippen LogP contribution in [0.4, 0.5) is 0 Å². The van der Waals surface area contributed by atoms with Crippen LogP contribution in [0, 0.1) is 13.8 Å². The summed E-state index contributed by atoms with van der Waals surface area (Å²) < 4.78 is 11.1. The van der Waals surface area contributed by atoms with Gasteiger partial charge in [0.1, 0.15) is 18.1 Å². The minimum atomic E-state index is -0.201. The minimum absolute atomic E-state index is 0.201. The zero-order valence-electron chi connectivity index (χ0n) is 15.8. The van der Waals surface area contributed by atoms with Gasteiger partial charge in [0.2, 0.25) is 5.88 Å². The van der Waals surface area contributed by atoms with Crippen LogP contribution in [0.3, 0.4) is 0 Å². The van der Waals surface area contributed by atoms with E-state index in [2.05, 4.69) is 25.7 Å². The molecule has 8 heteroatoms. The molecule has 1 saturated carbocycles. The van der Waals surface area contributed by atoms with Crippen molar-refractivity contribution in [2.24, 2.45) is 0 Å². The van der Waals surface area contributed by atoms with E-state index in [0.29, 0.717) is 17.3 Å².